The molecular weight excluding hydrogens is 282 g/mol. The summed E-state index contributed by atoms with van der Waals surface area (Å²) in [5, 5.41) is 12.2. The van der Waals surface area contributed by atoms with Crippen molar-refractivity contribution in [3.63, 3.8) is 0 Å². The van der Waals surface area contributed by atoms with E-state index in [1.807, 2.05) is 45.2 Å². The van der Waals surface area contributed by atoms with E-state index in [1.165, 1.54) is 0 Å². The predicted molar refractivity (Wildman–Crippen MR) is 72.0 cm³/mol. The second-order valence-corrected chi connectivity index (χ2v) is 5.75. The zero-order valence-corrected chi connectivity index (χ0v) is 11.9. The van der Waals surface area contributed by atoms with Gasteiger partial charge < -0.3 is 10.4 Å². The molecular formula is C13H18BrNO2. The molecule has 0 aliphatic rings. The summed E-state index contributed by atoms with van der Waals surface area (Å²) < 4.78 is 1.00. The molecule has 0 amide bonds. The molecule has 0 aromatic heterocycles. The number of benzene rings is 1. The van der Waals surface area contributed by atoms with Crippen molar-refractivity contribution in [1.82, 2.24) is 5.32 Å². The highest BCUT2D eigenvalue weighted by atomic mass is 79.9. The van der Waals surface area contributed by atoms with Gasteiger partial charge in [-0.1, -0.05) is 41.9 Å². The molecule has 0 bridgehead atoms. The average molecular weight is 300 g/mol. The van der Waals surface area contributed by atoms with E-state index in [9.17, 15) is 4.79 Å². The molecule has 3 nitrogen and oxygen atoms in total. The van der Waals surface area contributed by atoms with Crippen LogP contribution in [0.15, 0.2) is 28.7 Å². The molecule has 1 atom stereocenters. The molecule has 17 heavy (non-hydrogen) atoms. The lowest BCUT2D eigenvalue weighted by Gasteiger charge is -2.33. The molecule has 1 aromatic rings. The third kappa shape index (κ3) is 3.82. The van der Waals surface area contributed by atoms with Gasteiger partial charge in [0.15, 0.2) is 0 Å². The van der Waals surface area contributed by atoms with Gasteiger partial charge in [0.25, 0.3) is 0 Å². The van der Waals surface area contributed by atoms with E-state index < -0.39 is 5.97 Å². The Hall–Kier alpha value is -0.870. The van der Waals surface area contributed by atoms with Crippen LogP contribution >= 0.6 is 15.9 Å². The summed E-state index contributed by atoms with van der Waals surface area (Å²) in [7, 11) is 1.86. The Kier molecular flexibility index (Phi) is 4.71. The van der Waals surface area contributed by atoms with E-state index in [2.05, 4.69) is 21.2 Å². The Balaban J connectivity index is 3.02. The lowest BCUT2D eigenvalue weighted by Crippen LogP contribution is -2.33. The molecule has 1 rings (SSSR count). The number of hydrogen-bond acceptors (Lipinski definition) is 2. The molecule has 0 fully saturated rings. The summed E-state index contributed by atoms with van der Waals surface area (Å²) in [5.74, 6) is -0.773. The van der Waals surface area contributed by atoms with Gasteiger partial charge in [0, 0.05) is 10.5 Å². The highest BCUT2D eigenvalue weighted by molar-refractivity contribution is 9.10. The van der Waals surface area contributed by atoms with Gasteiger partial charge in [-0.2, -0.15) is 0 Å². The van der Waals surface area contributed by atoms with Crippen LogP contribution in [0, 0.1) is 5.41 Å². The van der Waals surface area contributed by atoms with Gasteiger partial charge in [-0.3, -0.25) is 4.79 Å². The van der Waals surface area contributed by atoms with Gasteiger partial charge in [0.2, 0.25) is 0 Å². The number of hydrogen-bond donors (Lipinski definition) is 2. The van der Waals surface area contributed by atoms with Crippen LogP contribution in [-0.2, 0) is 4.79 Å². The first-order valence-electron chi connectivity index (χ1n) is 5.51. The van der Waals surface area contributed by atoms with Crippen LogP contribution in [0.4, 0.5) is 0 Å². The van der Waals surface area contributed by atoms with Crippen molar-refractivity contribution >= 4 is 21.9 Å². The van der Waals surface area contributed by atoms with E-state index in [-0.39, 0.29) is 17.9 Å². The Morgan fingerprint density at radius 2 is 2.18 bits per heavy atom. The van der Waals surface area contributed by atoms with E-state index in [0.29, 0.717) is 0 Å². The third-order valence-electron chi connectivity index (χ3n) is 2.86. The summed E-state index contributed by atoms with van der Waals surface area (Å²) in [6, 6.07) is 7.96. The topological polar surface area (TPSA) is 49.3 Å². The standard InChI is InChI=1S/C13H18BrNO2/c1-13(2,8-11(16)17)12(15-3)9-5-4-6-10(14)7-9/h4-7,12,15H,8H2,1-3H3,(H,16,17). The van der Waals surface area contributed by atoms with Crippen molar-refractivity contribution in [1.29, 1.82) is 0 Å². The lowest BCUT2D eigenvalue weighted by atomic mass is 9.78. The Morgan fingerprint density at radius 1 is 1.53 bits per heavy atom. The number of carboxylic acids is 1. The van der Waals surface area contributed by atoms with Crippen molar-refractivity contribution in [3.05, 3.63) is 34.3 Å². The number of rotatable bonds is 5. The first-order valence-corrected chi connectivity index (χ1v) is 6.30. The molecule has 1 aromatic carbocycles. The van der Waals surface area contributed by atoms with Crippen molar-refractivity contribution in [2.45, 2.75) is 26.3 Å². The molecule has 0 aliphatic carbocycles. The monoisotopic (exact) mass is 299 g/mol. The minimum absolute atomic E-state index is 0.0103. The molecule has 0 saturated heterocycles. The van der Waals surface area contributed by atoms with Gasteiger partial charge in [-0.05, 0) is 30.2 Å². The molecule has 0 radical (unpaired) electrons. The van der Waals surface area contributed by atoms with Crippen LogP contribution in [0.2, 0.25) is 0 Å². The third-order valence-corrected chi connectivity index (χ3v) is 3.35. The summed E-state index contributed by atoms with van der Waals surface area (Å²) in [5.41, 5.74) is 0.745. The van der Waals surface area contributed by atoms with Crippen molar-refractivity contribution in [3.8, 4) is 0 Å². The molecule has 2 N–H and O–H groups in total. The maximum atomic E-state index is 10.9. The van der Waals surface area contributed by atoms with Crippen molar-refractivity contribution < 1.29 is 9.90 Å². The Labute approximate surface area is 110 Å². The molecule has 4 heteroatoms. The van der Waals surface area contributed by atoms with Crippen LogP contribution in [-0.4, -0.2) is 18.1 Å². The van der Waals surface area contributed by atoms with E-state index in [4.69, 9.17) is 5.11 Å². The summed E-state index contributed by atoms with van der Waals surface area (Å²) >= 11 is 3.43. The van der Waals surface area contributed by atoms with Crippen molar-refractivity contribution in [2.24, 2.45) is 5.41 Å². The number of nitrogens with one attached hydrogen (secondary N) is 1. The Bertz CT molecular complexity index is 404. The summed E-state index contributed by atoms with van der Waals surface area (Å²) in [4.78, 5) is 10.9. The molecule has 0 heterocycles. The lowest BCUT2D eigenvalue weighted by molar-refractivity contribution is -0.139. The maximum Gasteiger partial charge on any atom is 0.303 e. The number of aliphatic carboxylic acids is 1. The highest BCUT2D eigenvalue weighted by Crippen LogP contribution is 2.36. The quantitative estimate of drug-likeness (QED) is 0.878. The summed E-state index contributed by atoms with van der Waals surface area (Å²) in [6.45, 7) is 3.92. The smallest absolute Gasteiger partial charge is 0.303 e. The number of carboxylic acid groups (broad SMARTS) is 1. The van der Waals surface area contributed by atoms with Gasteiger partial charge in [0.1, 0.15) is 0 Å². The van der Waals surface area contributed by atoms with E-state index in [0.717, 1.165) is 10.0 Å². The first-order chi connectivity index (χ1) is 7.86. The largest absolute Gasteiger partial charge is 0.481 e. The van der Waals surface area contributed by atoms with Gasteiger partial charge in [-0.25, -0.2) is 0 Å². The second kappa shape index (κ2) is 5.65. The first kappa shape index (κ1) is 14.2. The van der Waals surface area contributed by atoms with Crippen LogP contribution in [0.3, 0.4) is 0 Å². The molecule has 0 aliphatic heterocycles. The zero-order valence-electron chi connectivity index (χ0n) is 10.3. The van der Waals surface area contributed by atoms with Crippen LogP contribution in [0.25, 0.3) is 0 Å². The van der Waals surface area contributed by atoms with Crippen LogP contribution in [0.1, 0.15) is 31.9 Å². The molecule has 0 saturated carbocycles. The molecule has 1 unspecified atom stereocenters. The number of halogens is 1. The van der Waals surface area contributed by atoms with E-state index in [1.54, 1.807) is 0 Å². The average Bonchev–Trinajstić information content (AvgIpc) is 2.15. The van der Waals surface area contributed by atoms with Crippen molar-refractivity contribution in [2.75, 3.05) is 7.05 Å². The Morgan fingerprint density at radius 3 is 2.65 bits per heavy atom. The SMILES string of the molecule is CNC(c1cccc(Br)c1)C(C)(C)CC(=O)O. The van der Waals surface area contributed by atoms with Crippen LogP contribution in [0.5, 0.6) is 0 Å². The van der Waals surface area contributed by atoms with Gasteiger partial charge >= 0.3 is 5.97 Å². The summed E-state index contributed by atoms with van der Waals surface area (Å²) in [6.07, 6.45) is 0.130. The number of carbonyl (C=O) groups is 1. The fourth-order valence-corrected chi connectivity index (χ4v) is 2.60. The zero-order chi connectivity index (χ0) is 13.1. The molecule has 0 spiro atoms. The van der Waals surface area contributed by atoms with Gasteiger partial charge in [-0.15, -0.1) is 0 Å². The second-order valence-electron chi connectivity index (χ2n) is 4.84. The van der Waals surface area contributed by atoms with Crippen LogP contribution < -0.4 is 5.32 Å². The minimum atomic E-state index is -0.773. The fourth-order valence-electron chi connectivity index (χ4n) is 2.19. The van der Waals surface area contributed by atoms with Gasteiger partial charge in [0.05, 0.1) is 6.42 Å². The maximum absolute atomic E-state index is 10.9. The predicted octanol–water partition coefficient (Wildman–Crippen LogP) is 3.21. The minimum Gasteiger partial charge on any atom is -0.481 e. The normalized spacial score (nSPS) is 13.4. The fraction of sp³-hybridized carbons (Fsp3) is 0.462. The highest BCUT2D eigenvalue weighted by Gasteiger charge is 2.32. The van der Waals surface area contributed by atoms with E-state index >= 15 is 0 Å². The molecule has 94 valence electrons.